The van der Waals surface area contributed by atoms with Crippen molar-refractivity contribution in [1.82, 2.24) is 4.31 Å². The maximum Gasteiger partial charge on any atom is 0.308 e. The Morgan fingerprint density at radius 3 is 1.97 bits per heavy atom. The highest BCUT2D eigenvalue weighted by molar-refractivity contribution is 7.89. The van der Waals surface area contributed by atoms with Gasteiger partial charge in [0.2, 0.25) is 10.0 Å². The van der Waals surface area contributed by atoms with Crippen LogP contribution < -0.4 is 9.92 Å². The number of ether oxygens (including phenoxy) is 1. The van der Waals surface area contributed by atoms with Gasteiger partial charge < -0.3 is 4.74 Å². The summed E-state index contributed by atoms with van der Waals surface area (Å²) in [5.74, 6) is 3.92. The van der Waals surface area contributed by atoms with Gasteiger partial charge in [0.1, 0.15) is 13.8 Å². The summed E-state index contributed by atoms with van der Waals surface area (Å²) in [5, 5.41) is 1.11. The Bertz CT molecular complexity index is 1350. The zero-order valence-corrected chi connectivity index (χ0v) is 27.8. The van der Waals surface area contributed by atoms with E-state index in [2.05, 4.69) is 53.0 Å². The molecule has 0 amide bonds. The third-order valence-electron chi connectivity index (χ3n) is 9.13. The van der Waals surface area contributed by atoms with Crippen molar-refractivity contribution in [2.24, 2.45) is 0 Å². The van der Waals surface area contributed by atoms with Crippen molar-refractivity contribution >= 4 is 37.3 Å². The number of hydrogen-bond donors (Lipinski definition) is 0. The lowest BCUT2D eigenvalue weighted by Crippen LogP contribution is -2.48. The fourth-order valence-corrected chi connectivity index (χ4v) is 13.7. The van der Waals surface area contributed by atoms with Crippen LogP contribution in [0.4, 0.5) is 0 Å². The van der Waals surface area contributed by atoms with Crippen LogP contribution in [-0.2, 0) is 27.9 Å². The molecule has 39 heavy (non-hydrogen) atoms. The molecule has 0 spiro atoms. The Labute approximate surface area is 238 Å². The molecule has 1 aliphatic heterocycles. The maximum atomic E-state index is 13.7. The van der Waals surface area contributed by atoms with Crippen LogP contribution in [0, 0.1) is 18.4 Å². The second-order valence-corrected chi connectivity index (χ2v) is 22.9. The van der Waals surface area contributed by atoms with Crippen molar-refractivity contribution in [3.63, 3.8) is 0 Å². The lowest BCUT2D eigenvalue weighted by atomic mass is 10.0. The first kappa shape index (κ1) is 31.3. The van der Waals surface area contributed by atoms with Crippen LogP contribution >= 0.6 is 0 Å². The molecule has 0 radical (unpaired) electrons. The highest BCUT2D eigenvalue weighted by Gasteiger charge is 2.40. The van der Waals surface area contributed by atoms with Gasteiger partial charge in [-0.3, -0.25) is 4.79 Å². The van der Waals surface area contributed by atoms with Crippen molar-refractivity contribution in [1.29, 1.82) is 0 Å². The zero-order valence-electron chi connectivity index (χ0n) is 25.0. The fraction of sp³-hybridized carbons (Fsp3) is 0.516. The molecule has 0 saturated carbocycles. The third kappa shape index (κ3) is 6.12. The smallest absolute Gasteiger partial charge is 0.308 e. The third-order valence-corrected chi connectivity index (χ3v) is 21.3. The minimum atomic E-state index is -3.70. The van der Waals surface area contributed by atoms with E-state index in [1.165, 1.54) is 6.92 Å². The normalized spacial score (nSPS) is 14.1. The largest absolute Gasteiger partial charge is 0.427 e. The number of rotatable bonds is 10. The Morgan fingerprint density at radius 2 is 1.49 bits per heavy atom. The van der Waals surface area contributed by atoms with Gasteiger partial charge in [0.15, 0.2) is 0 Å². The standard InChI is InChI=1S/C31H45NO4SSi2/c1-9-38(10-2,11-3)20-19-28-29-23-32(37(34,35)27-17-15-24(7)16-18-27)22-26(29)21-30(36-25(8)33)31(28)39(12-4,13-5)14-6/h15-18,21H,9-14,22-23H2,1-8H3. The number of hydrogen-bond acceptors (Lipinski definition) is 4. The van der Waals surface area contributed by atoms with Gasteiger partial charge in [-0.2, -0.15) is 4.31 Å². The molecule has 212 valence electrons. The van der Waals surface area contributed by atoms with E-state index in [1.54, 1.807) is 16.4 Å². The van der Waals surface area contributed by atoms with Gasteiger partial charge in [0, 0.05) is 25.6 Å². The fourth-order valence-electron chi connectivity index (χ4n) is 5.92. The lowest BCUT2D eigenvalue weighted by Gasteiger charge is -2.32. The Kier molecular flexibility index (Phi) is 10.1. The molecular weight excluding hydrogens is 539 g/mol. The van der Waals surface area contributed by atoms with E-state index in [1.807, 2.05) is 25.1 Å². The molecule has 1 heterocycles. The summed E-state index contributed by atoms with van der Waals surface area (Å²) < 4.78 is 34.9. The van der Waals surface area contributed by atoms with Gasteiger partial charge in [-0.15, -0.1) is 5.54 Å². The van der Waals surface area contributed by atoms with Crippen LogP contribution in [0.5, 0.6) is 5.75 Å². The van der Waals surface area contributed by atoms with Gasteiger partial charge in [0.05, 0.1) is 13.0 Å². The van der Waals surface area contributed by atoms with Crippen LogP contribution in [0.3, 0.4) is 0 Å². The second kappa shape index (κ2) is 12.5. The monoisotopic (exact) mass is 583 g/mol. The average Bonchev–Trinajstić information content (AvgIpc) is 3.36. The molecule has 1 aliphatic rings. The summed E-state index contributed by atoms with van der Waals surface area (Å²) in [6.45, 7) is 17.3. The molecule has 5 nitrogen and oxygen atoms in total. The first-order valence-corrected chi connectivity index (χ1v) is 21.1. The summed E-state index contributed by atoms with van der Waals surface area (Å²) in [6, 6.07) is 15.2. The number of carbonyl (C=O) groups is 1. The lowest BCUT2D eigenvalue weighted by molar-refractivity contribution is -0.131. The average molecular weight is 584 g/mol. The van der Waals surface area contributed by atoms with Gasteiger partial charge >= 0.3 is 5.97 Å². The molecule has 8 heteroatoms. The Morgan fingerprint density at radius 1 is 0.923 bits per heavy atom. The molecule has 2 aromatic rings. The molecule has 0 fully saturated rings. The minimum Gasteiger partial charge on any atom is -0.427 e. The van der Waals surface area contributed by atoms with Crippen LogP contribution in [0.1, 0.15) is 70.7 Å². The van der Waals surface area contributed by atoms with E-state index in [9.17, 15) is 13.2 Å². The van der Waals surface area contributed by atoms with Crippen molar-refractivity contribution in [3.05, 3.63) is 52.6 Å². The van der Waals surface area contributed by atoms with Crippen molar-refractivity contribution in [2.75, 3.05) is 0 Å². The van der Waals surface area contributed by atoms with Crippen LogP contribution in [0.15, 0.2) is 35.2 Å². The van der Waals surface area contributed by atoms with Gasteiger partial charge in [-0.25, -0.2) is 8.42 Å². The SMILES string of the molecule is CC[Si](C#Cc1c2c(cc(OC(C)=O)c1[Si](CC)(CC)CC)CN(S(=O)(=O)c1ccc(C)cc1)C2)(CC)CC. The van der Waals surface area contributed by atoms with E-state index in [-0.39, 0.29) is 19.1 Å². The number of carbonyl (C=O) groups excluding carboxylic acids is 1. The zero-order chi connectivity index (χ0) is 29.0. The van der Waals surface area contributed by atoms with E-state index in [0.29, 0.717) is 10.6 Å². The first-order valence-electron chi connectivity index (χ1n) is 14.4. The molecule has 0 saturated heterocycles. The summed E-state index contributed by atoms with van der Waals surface area (Å²) in [6.07, 6.45) is 0. The van der Waals surface area contributed by atoms with Gasteiger partial charge in [-0.1, -0.05) is 83.3 Å². The van der Waals surface area contributed by atoms with Gasteiger partial charge in [0.25, 0.3) is 0 Å². The van der Waals surface area contributed by atoms with Crippen molar-refractivity contribution < 1.29 is 17.9 Å². The molecule has 3 rings (SSSR count). The summed E-state index contributed by atoms with van der Waals surface area (Å²) in [5.41, 5.74) is 7.62. The topological polar surface area (TPSA) is 63.7 Å². The molecule has 0 atom stereocenters. The van der Waals surface area contributed by atoms with E-state index in [0.717, 1.165) is 63.7 Å². The van der Waals surface area contributed by atoms with Crippen LogP contribution in [-0.4, -0.2) is 34.8 Å². The molecule has 0 unspecified atom stereocenters. The van der Waals surface area contributed by atoms with E-state index < -0.39 is 26.2 Å². The molecule has 0 aliphatic carbocycles. The summed E-state index contributed by atoms with van der Waals surface area (Å²) >= 11 is 0. The quantitative estimate of drug-likeness (QED) is 0.135. The predicted octanol–water partition coefficient (Wildman–Crippen LogP) is 6.74. The van der Waals surface area contributed by atoms with Crippen LogP contribution in [0.25, 0.3) is 0 Å². The predicted molar refractivity (Wildman–Crippen MR) is 166 cm³/mol. The highest BCUT2D eigenvalue weighted by atomic mass is 32.2. The molecule has 0 aromatic heterocycles. The summed E-state index contributed by atoms with van der Waals surface area (Å²) in [4.78, 5) is 12.6. The Balaban J connectivity index is 2.33. The Hall–Kier alpha value is -2.19. The second-order valence-electron chi connectivity index (χ2n) is 10.9. The highest BCUT2D eigenvalue weighted by Crippen LogP contribution is 2.37. The minimum absolute atomic E-state index is 0.242. The van der Waals surface area contributed by atoms with Gasteiger partial charge in [-0.05, 0) is 59.6 Å². The number of nitrogens with zero attached hydrogens (tertiary/aromatic N) is 1. The van der Waals surface area contributed by atoms with E-state index in [4.69, 9.17) is 4.74 Å². The number of esters is 1. The number of fused-ring (bicyclic) bond motifs is 1. The molecule has 2 aromatic carbocycles. The first-order chi connectivity index (χ1) is 18.5. The van der Waals surface area contributed by atoms with E-state index >= 15 is 0 Å². The van der Waals surface area contributed by atoms with Crippen molar-refractivity contribution in [3.8, 4) is 17.2 Å². The maximum absolute atomic E-state index is 13.7. The number of aryl methyl sites for hydroxylation is 1. The van der Waals surface area contributed by atoms with Crippen molar-refractivity contribution in [2.45, 2.75) is 110 Å². The molecule has 0 N–H and O–H groups in total. The summed E-state index contributed by atoms with van der Waals surface area (Å²) in [7, 11) is -7.58. The van der Waals surface area contributed by atoms with Crippen LogP contribution in [0.2, 0.25) is 36.3 Å². The number of benzene rings is 2. The number of sulfonamides is 1. The molecule has 0 bridgehead atoms. The molecular formula is C31H45NO4SSi2.